The van der Waals surface area contributed by atoms with Gasteiger partial charge in [0.1, 0.15) is 0 Å². The monoisotopic (exact) mass is 169 g/mol. The lowest BCUT2D eigenvalue weighted by Gasteiger charge is -2.08. The zero-order valence-electron chi connectivity index (χ0n) is 6.43. The van der Waals surface area contributed by atoms with E-state index in [-0.39, 0.29) is 0 Å². The van der Waals surface area contributed by atoms with E-state index in [1.807, 2.05) is 0 Å². The molecule has 0 aromatic heterocycles. The summed E-state index contributed by atoms with van der Waals surface area (Å²) in [4.78, 5) is 0. The first-order valence-electron chi connectivity index (χ1n) is 3.48. The normalized spacial score (nSPS) is 13.0. The average molecular weight is 169 g/mol. The Morgan fingerprint density at radius 1 is 1.33 bits per heavy atom. The molecule has 1 nitrogen and oxygen atoms in total. The van der Waals surface area contributed by atoms with E-state index in [0.29, 0.717) is 5.56 Å². The highest BCUT2D eigenvalue weighted by atomic mass is 19.2. The van der Waals surface area contributed by atoms with Gasteiger partial charge in [0.25, 0.3) is 0 Å². The Bertz CT molecular complexity index is 273. The van der Waals surface area contributed by atoms with Gasteiger partial charge in [-0.05, 0) is 31.0 Å². The molecule has 0 spiro atoms. The maximum atomic E-state index is 12.6. The minimum Gasteiger partial charge on any atom is -0.324 e. The van der Waals surface area contributed by atoms with Crippen LogP contribution in [0.4, 0.5) is 8.78 Å². The lowest BCUT2D eigenvalue weighted by atomic mass is 10.1. The Kier molecular flexibility index (Phi) is 2.76. The van der Waals surface area contributed by atoms with Gasteiger partial charge in [0.05, 0.1) is 0 Å². The topological polar surface area (TPSA) is 26.0 Å². The molecule has 1 atom stereocenters. The second kappa shape index (κ2) is 3.63. The minimum absolute atomic E-state index is 0.444. The number of halogens is 2. The number of hydrogen-bond acceptors (Lipinski definition) is 1. The van der Waals surface area contributed by atoms with Gasteiger partial charge in [-0.25, -0.2) is 8.78 Å². The van der Waals surface area contributed by atoms with Gasteiger partial charge in [-0.2, -0.15) is 0 Å². The predicted molar refractivity (Wildman–Crippen MR) is 42.9 cm³/mol. The van der Waals surface area contributed by atoms with Crippen molar-refractivity contribution in [2.75, 3.05) is 0 Å². The molecule has 1 rings (SSSR count). The summed E-state index contributed by atoms with van der Waals surface area (Å²) < 4.78 is 25.0. The molecular weight excluding hydrogens is 160 g/mol. The van der Waals surface area contributed by atoms with E-state index in [2.05, 4.69) is 6.92 Å². The highest BCUT2D eigenvalue weighted by molar-refractivity contribution is 5.23. The zero-order chi connectivity index (χ0) is 9.14. The van der Waals surface area contributed by atoms with Crippen molar-refractivity contribution in [3.05, 3.63) is 48.7 Å². The highest BCUT2D eigenvalue weighted by Crippen LogP contribution is 2.15. The second-order valence-corrected chi connectivity index (χ2v) is 2.44. The standard InChI is InChI=1S/C9H9F2N/c1-2-9(12)6-3-4-7(10)8(11)5-6/h2-5,9H,1,12H2. The fraction of sp³-hybridized carbons (Fsp3) is 0.111. The zero-order valence-corrected chi connectivity index (χ0v) is 6.43. The average Bonchev–Trinajstić information content (AvgIpc) is 2.08. The Labute approximate surface area is 70.2 Å². The molecule has 2 N–H and O–H groups in total. The third-order valence-electron chi connectivity index (χ3n) is 1.58. The maximum Gasteiger partial charge on any atom is 0.159 e. The van der Waals surface area contributed by atoms with E-state index in [1.165, 1.54) is 12.5 Å². The molecule has 1 unspecified atom stereocenters. The van der Waals surface area contributed by atoms with Crippen LogP contribution in [-0.4, -0.2) is 0 Å². The van der Waals surface area contributed by atoms with E-state index in [1.54, 1.807) is 0 Å². The molecule has 3 heteroatoms. The van der Waals surface area contributed by atoms with Crippen molar-refractivity contribution < 1.29 is 8.78 Å². The molecule has 0 saturated heterocycles. The van der Waals surface area contributed by atoms with Crippen LogP contribution in [0.3, 0.4) is 0 Å². The van der Waals surface area contributed by atoms with Crippen LogP contribution in [0.25, 0.3) is 0 Å². The van der Waals surface area contributed by atoms with Crippen molar-refractivity contribution in [1.82, 2.24) is 0 Å². The van der Waals surface area contributed by atoms with E-state index in [0.717, 1.165) is 12.1 Å². The summed E-state index contributed by atoms with van der Waals surface area (Å²) >= 11 is 0. The van der Waals surface area contributed by atoms with Crippen molar-refractivity contribution in [3.63, 3.8) is 0 Å². The Morgan fingerprint density at radius 2 is 2.00 bits per heavy atom. The second-order valence-electron chi connectivity index (χ2n) is 2.44. The van der Waals surface area contributed by atoms with E-state index < -0.39 is 17.7 Å². The summed E-state index contributed by atoms with van der Waals surface area (Å²) in [5.41, 5.74) is 6.02. The highest BCUT2D eigenvalue weighted by Gasteiger charge is 2.07. The van der Waals surface area contributed by atoms with Gasteiger partial charge in [0, 0.05) is 6.04 Å². The smallest absolute Gasteiger partial charge is 0.159 e. The molecular formula is C9H9F2N. The first-order chi connectivity index (χ1) is 5.65. The Morgan fingerprint density at radius 3 is 2.50 bits per heavy atom. The predicted octanol–water partition coefficient (Wildman–Crippen LogP) is 2.00. The molecule has 0 aliphatic heterocycles. The van der Waals surface area contributed by atoms with E-state index in [4.69, 9.17) is 5.73 Å². The molecule has 1 aromatic carbocycles. The fourth-order valence-electron chi connectivity index (χ4n) is 0.856. The summed E-state index contributed by atoms with van der Waals surface area (Å²) in [5.74, 6) is -1.75. The fourth-order valence-corrected chi connectivity index (χ4v) is 0.856. The summed E-state index contributed by atoms with van der Waals surface area (Å²) in [7, 11) is 0. The number of hydrogen-bond donors (Lipinski definition) is 1. The van der Waals surface area contributed by atoms with Gasteiger partial charge in [-0.15, -0.1) is 0 Å². The van der Waals surface area contributed by atoms with Crippen molar-refractivity contribution in [2.45, 2.75) is 6.04 Å². The summed E-state index contributed by atoms with van der Waals surface area (Å²) in [6, 6.07) is 3.11. The molecule has 0 heterocycles. The van der Waals surface area contributed by atoms with E-state index >= 15 is 0 Å². The summed E-state index contributed by atoms with van der Waals surface area (Å²) in [6.07, 6.45) is 1.46. The number of nitrogens with two attached hydrogens (primary N) is 1. The van der Waals surface area contributed by atoms with Crippen LogP contribution in [0.1, 0.15) is 11.6 Å². The van der Waals surface area contributed by atoms with Gasteiger partial charge >= 0.3 is 0 Å². The lowest BCUT2D eigenvalue weighted by Crippen LogP contribution is -2.09. The number of benzene rings is 1. The van der Waals surface area contributed by atoms with Gasteiger partial charge in [-0.1, -0.05) is 6.07 Å². The molecule has 0 aliphatic rings. The van der Waals surface area contributed by atoms with Gasteiger partial charge < -0.3 is 5.73 Å². The molecule has 1 aromatic rings. The van der Waals surface area contributed by atoms with Crippen molar-refractivity contribution >= 4 is 0 Å². The first-order valence-corrected chi connectivity index (χ1v) is 3.48. The van der Waals surface area contributed by atoms with Crippen molar-refractivity contribution in [3.8, 4) is 0 Å². The van der Waals surface area contributed by atoms with Crippen LogP contribution < -0.4 is 5.73 Å². The molecule has 0 bridgehead atoms. The molecule has 0 aliphatic carbocycles. The molecule has 0 amide bonds. The molecule has 64 valence electrons. The summed E-state index contributed by atoms with van der Waals surface area (Å²) in [6.45, 7) is 3.45. The third-order valence-corrected chi connectivity index (χ3v) is 1.58. The van der Waals surface area contributed by atoms with Gasteiger partial charge in [0.15, 0.2) is 11.6 Å². The largest absolute Gasteiger partial charge is 0.324 e. The number of rotatable bonds is 2. The van der Waals surface area contributed by atoms with Crippen LogP contribution in [0.15, 0.2) is 18.2 Å². The van der Waals surface area contributed by atoms with Crippen molar-refractivity contribution in [2.24, 2.45) is 5.73 Å². The van der Waals surface area contributed by atoms with Crippen LogP contribution >= 0.6 is 0 Å². The Hall–Kier alpha value is -0.960. The first kappa shape index (κ1) is 9.13. The van der Waals surface area contributed by atoms with E-state index in [9.17, 15) is 8.78 Å². The van der Waals surface area contributed by atoms with Crippen LogP contribution in [0.5, 0.6) is 0 Å². The minimum atomic E-state index is -0.884. The summed E-state index contributed by atoms with van der Waals surface area (Å²) in [5, 5.41) is 0. The molecule has 12 heavy (non-hydrogen) atoms. The van der Waals surface area contributed by atoms with Crippen LogP contribution in [0.2, 0.25) is 0 Å². The third kappa shape index (κ3) is 1.80. The lowest BCUT2D eigenvalue weighted by molar-refractivity contribution is 0.506. The molecule has 0 fully saturated rings. The van der Waals surface area contributed by atoms with Crippen molar-refractivity contribution in [1.29, 1.82) is 0 Å². The maximum absolute atomic E-state index is 12.6. The Balaban J connectivity index is 2.96. The molecule has 0 saturated carbocycles. The van der Waals surface area contributed by atoms with Crippen LogP contribution in [-0.2, 0) is 0 Å². The van der Waals surface area contributed by atoms with Gasteiger partial charge in [0.2, 0.25) is 0 Å². The van der Waals surface area contributed by atoms with Gasteiger partial charge in [-0.3, -0.25) is 0 Å². The SMILES string of the molecule is [CH2][CH]C(N)c1ccc(F)c(F)c1. The quantitative estimate of drug-likeness (QED) is 0.720. The molecule has 2 radical (unpaired) electrons. The van der Waals surface area contributed by atoms with Crippen LogP contribution in [0, 0.1) is 25.0 Å².